The van der Waals surface area contributed by atoms with Crippen LogP contribution in [0.5, 0.6) is 0 Å². The van der Waals surface area contributed by atoms with Crippen molar-refractivity contribution in [1.82, 2.24) is 0 Å². The van der Waals surface area contributed by atoms with Gasteiger partial charge in [-0.1, -0.05) is 42.5 Å². The molecule has 0 saturated heterocycles. The third kappa shape index (κ3) is 1.75. The highest BCUT2D eigenvalue weighted by Gasteiger charge is 1.95. The van der Waals surface area contributed by atoms with Crippen molar-refractivity contribution in [2.45, 2.75) is 0 Å². The van der Waals surface area contributed by atoms with Crippen molar-refractivity contribution in [3.05, 3.63) is 54.6 Å². The molecule has 0 bridgehead atoms. The Bertz CT molecular complexity index is 400. The van der Waals surface area contributed by atoms with Crippen molar-refractivity contribution in [3.8, 4) is 11.1 Å². The van der Waals surface area contributed by atoms with E-state index in [-0.39, 0.29) is 1.43 Å². The molecular formula is C12H13NO. The zero-order chi connectivity index (χ0) is 9.80. The number of nitrogens with one attached hydrogen (secondary N) is 1. The van der Waals surface area contributed by atoms with Crippen LogP contribution in [0.2, 0.25) is 0 Å². The van der Waals surface area contributed by atoms with E-state index in [1.807, 2.05) is 42.5 Å². The second kappa shape index (κ2) is 3.94. The van der Waals surface area contributed by atoms with Gasteiger partial charge in [-0.3, -0.25) is 10.7 Å². The van der Waals surface area contributed by atoms with Crippen LogP contribution in [0.1, 0.15) is 1.43 Å². The maximum absolute atomic E-state index is 8.65. The van der Waals surface area contributed by atoms with E-state index in [1.54, 1.807) is 0 Å². The molecule has 2 rings (SSSR count). The highest BCUT2D eigenvalue weighted by atomic mass is 16.5. The van der Waals surface area contributed by atoms with Crippen molar-refractivity contribution in [1.29, 1.82) is 0 Å². The monoisotopic (exact) mass is 187 g/mol. The summed E-state index contributed by atoms with van der Waals surface area (Å²) in [5.41, 5.74) is 5.13. The molecule has 2 aromatic rings. The smallest absolute Gasteiger partial charge is 0.0602 e. The van der Waals surface area contributed by atoms with Crippen molar-refractivity contribution in [2.24, 2.45) is 0 Å². The fraction of sp³-hybridized carbons (Fsp3) is 0. The van der Waals surface area contributed by atoms with Gasteiger partial charge in [-0.25, -0.2) is 0 Å². The summed E-state index contributed by atoms with van der Waals surface area (Å²) in [6, 6.07) is 17.7. The number of rotatable bonds is 2. The summed E-state index contributed by atoms with van der Waals surface area (Å²) in [6.45, 7) is 0. The fourth-order valence-corrected chi connectivity index (χ4v) is 1.37. The second-order valence-electron chi connectivity index (χ2n) is 3.06. The van der Waals surface area contributed by atoms with Crippen LogP contribution < -0.4 is 5.48 Å². The average Bonchev–Trinajstić information content (AvgIpc) is 2.30. The SMILES string of the molecule is ONc1ccc(-c2ccccc2)cc1.[HH]. The molecule has 0 atom stereocenters. The first-order valence-electron chi connectivity index (χ1n) is 4.46. The maximum atomic E-state index is 8.65. The molecule has 0 saturated carbocycles. The van der Waals surface area contributed by atoms with E-state index in [0.717, 1.165) is 5.56 Å². The summed E-state index contributed by atoms with van der Waals surface area (Å²) in [6.07, 6.45) is 0. The van der Waals surface area contributed by atoms with E-state index in [0.29, 0.717) is 5.69 Å². The summed E-state index contributed by atoms with van der Waals surface area (Å²) in [5.74, 6) is 0. The van der Waals surface area contributed by atoms with E-state index >= 15 is 0 Å². The molecule has 0 amide bonds. The summed E-state index contributed by atoms with van der Waals surface area (Å²) in [5, 5.41) is 8.65. The summed E-state index contributed by atoms with van der Waals surface area (Å²) in [4.78, 5) is 0. The standard InChI is InChI=1S/C12H11NO.H2/c14-13-12-8-6-11(7-9-12)10-4-2-1-3-5-10;/h1-9,13-14H;1H. The Morgan fingerprint density at radius 3 is 1.93 bits per heavy atom. The predicted octanol–water partition coefficient (Wildman–Crippen LogP) is 3.40. The minimum Gasteiger partial charge on any atom is -0.291 e. The topological polar surface area (TPSA) is 32.3 Å². The van der Waals surface area contributed by atoms with E-state index in [1.165, 1.54) is 5.56 Å². The maximum Gasteiger partial charge on any atom is 0.0602 e. The lowest BCUT2D eigenvalue weighted by Gasteiger charge is -2.02. The largest absolute Gasteiger partial charge is 0.291 e. The number of hydrogen-bond acceptors (Lipinski definition) is 2. The molecule has 0 aliphatic heterocycles. The minimum absolute atomic E-state index is 0. The highest BCUT2D eigenvalue weighted by molar-refractivity contribution is 5.65. The van der Waals surface area contributed by atoms with Gasteiger partial charge in [-0.2, -0.15) is 0 Å². The summed E-state index contributed by atoms with van der Waals surface area (Å²) >= 11 is 0. The summed E-state index contributed by atoms with van der Waals surface area (Å²) < 4.78 is 0. The zero-order valence-electron chi connectivity index (χ0n) is 7.64. The first-order chi connectivity index (χ1) is 6.90. The van der Waals surface area contributed by atoms with Crippen LogP contribution in [-0.2, 0) is 0 Å². The lowest BCUT2D eigenvalue weighted by atomic mass is 10.1. The third-order valence-corrected chi connectivity index (χ3v) is 2.12. The first-order valence-corrected chi connectivity index (χ1v) is 4.46. The van der Waals surface area contributed by atoms with Gasteiger partial charge < -0.3 is 0 Å². The van der Waals surface area contributed by atoms with E-state index in [2.05, 4.69) is 17.6 Å². The Hall–Kier alpha value is -1.80. The molecule has 2 N–H and O–H groups in total. The van der Waals surface area contributed by atoms with Crippen LogP contribution in [0.4, 0.5) is 5.69 Å². The molecule has 0 unspecified atom stereocenters. The van der Waals surface area contributed by atoms with Gasteiger partial charge in [0.25, 0.3) is 0 Å². The Labute approximate surface area is 84.3 Å². The number of benzene rings is 2. The Balaban J connectivity index is 0.00000112. The molecule has 0 aromatic heterocycles. The Morgan fingerprint density at radius 1 is 0.786 bits per heavy atom. The van der Waals surface area contributed by atoms with Gasteiger partial charge in [0, 0.05) is 1.43 Å². The highest BCUT2D eigenvalue weighted by Crippen LogP contribution is 2.20. The van der Waals surface area contributed by atoms with Crippen LogP contribution in [0.25, 0.3) is 11.1 Å². The molecule has 0 fully saturated rings. The van der Waals surface area contributed by atoms with E-state index in [4.69, 9.17) is 5.21 Å². The van der Waals surface area contributed by atoms with Gasteiger partial charge in [-0.15, -0.1) is 0 Å². The molecule has 0 heterocycles. The lowest BCUT2D eigenvalue weighted by Crippen LogP contribution is -1.87. The van der Waals surface area contributed by atoms with Gasteiger partial charge >= 0.3 is 0 Å². The molecular weight excluding hydrogens is 174 g/mol. The van der Waals surface area contributed by atoms with Gasteiger partial charge in [0.05, 0.1) is 5.69 Å². The van der Waals surface area contributed by atoms with E-state index < -0.39 is 0 Å². The lowest BCUT2D eigenvalue weighted by molar-refractivity contribution is 0.389. The van der Waals surface area contributed by atoms with Crippen LogP contribution in [-0.4, -0.2) is 5.21 Å². The number of hydrogen-bond donors (Lipinski definition) is 2. The molecule has 0 aliphatic carbocycles. The molecule has 0 spiro atoms. The minimum atomic E-state index is 0. The Morgan fingerprint density at radius 2 is 1.36 bits per heavy atom. The normalized spacial score (nSPS) is 9.79. The van der Waals surface area contributed by atoms with Crippen LogP contribution in [0.15, 0.2) is 54.6 Å². The van der Waals surface area contributed by atoms with E-state index in [9.17, 15) is 0 Å². The van der Waals surface area contributed by atoms with Crippen LogP contribution in [0.3, 0.4) is 0 Å². The molecule has 14 heavy (non-hydrogen) atoms. The molecule has 2 heteroatoms. The molecule has 0 radical (unpaired) electrons. The second-order valence-corrected chi connectivity index (χ2v) is 3.06. The molecule has 2 aromatic carbocycles. The first kappa shape index (κ1) is 8.78. The average molecular weight is 187 g/mol. The predicted molar refractivity (Wildman–Crippen MR) is 59.4 cm³/mol. The van der Waals surface area contributed by atoms with Gasteiger partial charge in [0.1, 0.15) is 0 Å². The van der Waals surface area contributed by atoms with Crippen LogP contribution >= 0.6 is 0 Å². The van der Waals surface area contributed by atoms with Crippen molar-refractivity contribution in [3.63, 3.8) is 0 Å². The van der Waals surface area contributed by atoms with Gasteiger partial charge in [0.15, 0.2) is 0 Å². The van der Waals surface area contributed by atoms with Gasteiger partial charge in [-0.05, 0) is 23.3 Å². The fourth-order valence-electron chi connectivity index (χ4n) is 1.37. The van der Waals surface area contributed by atoms with Crippen molar-refractivity contribution < 1.29 is 6.63 Å². The van der Waals surface area contributed by atoms with Gasteiger partial charge in [0.2, 0.25) is 0 Å². The van der Waals surface area contributed by atoms with Crippen molar-refractivity contribution in [2.75, 3.05) is 5.48 Å². The number of anilines is 1. The molecule has 0 aliphatic rings. The molecule has 2 nitrogen and oxygen atoms in total. The van der Waals surface area contributed by atoms with Crippen LogP contribution in [0, 0.1) is 0 Å². The van der Waals surface area contributed by atoms with Crippen molar-refractivity contribution >= 4 is 5.69 Å². The quantitative estimate of drug-likeness (QED) is 0.706. The summed E-state index contributed by atoms with van der Waals surface area (Å²) in [7, 11) is 0. The third-order valence-electron chi connectivity index (χ3n) is 2.12. The molecule has 72 valence electrons. The zero-order valence-corrected chi connectivity index (χ0v) is 7.64. The Kier molecular flexibility index (Phi) is 2.47.